The van der Waals surface area contributed by atoms with E-state index >= 15 is 0 Å². The second-order valence-corrected chi connectivity index (χ2v) is 6.95. The minimum atomic E-state index is -0.385. The molecule has 0 saturated carbocycles. The van der Waals surface area contributed by atoms with Crippen LogP contribution in [0.3, 0.4) is 0 Å². The molecule has 1 aliphatic heterocycles. The van der Waals surface area contributed by atoms with Gasteiger partial charge in [-0.3, -0.25) is 9.59 Å². The van der Waals surface area contributed by atoms with Crippen LogP contribution in [0.4, 0.5) is 10.1 Å². The Morgan fingerprint density at radius 2 is 2.00 bits per heavy atom. The summed E-state index contributed by atoms with van der Waals surface area (Å²) >= 11 is 3.27. The van der Waals surface area contributed by atoms with Crippen LogP contribution < -0.4 is 10.2 Å². The Balaban J connectivity index is 1.55. The Kier molecular flexibility index (Phi) is 5.83. The van der Waals surface area contributed by atoms with Gasteiger partial charge in [-0.15, -0.1) is 0 Å². The number of nitrogens with one attached hydrogen (secondary N) is 1. The predicted octanol–water partition coefficient (Wildman–Crippen LogP) is 4.04. The van der Waals surface area contributed by atoms with Crippen molar-refractivity contribution in [1.29, 1.82) is 0 Å². The van der Waals surface area contributed by atoms with Crippen LogP contribution in [0.5, 0.6) is 0 Å². The van der Waals surface area contributed by atoms with Crippen molar-refractivity contribution in [2.75, 3.05) is 11.4 Å². The van der Waals surface area contributed by atoms with E-state index in [2.05, 4.69) is 21.2 Å². The number of anilines is 1. The molecular weight excluding hydrogens is 399 g/mol. The van der Waals surface area contributed by atoms with Crippen LogP contribution in [0.15, 0.2) is 53.0 Å². The number of amides is 2. The molecule has 6 heteroatoms. The monoisotopic (exact) mass is 416 g/mol. The van der Waals surface area contributed by atoms with Crippen LogP contribution in [-0.4, -0.2) is 18.4 Å². The molecule has 1 saturated heterocycles. The van der Waals surface area contributed by atoms with Gasteiger partial charge in [0, 0.05) is 41.3 Å². The molecule has 0 unspecified atom stereocenters. The zero-order chi connectivity index (χ0) is 18.5. The number of hydrogen-bond donors (Lipinski definition) is 1. The maximum absolute atomic E-state index is 13.6. The molecule has 0 radical (unpaired) electrons. The Labute approximate surface area is 159 Å². The normalized spacial score (nSPS) is 14.2. The molecule has 4 nitrogen and oxygen atoms in total. The van der Waals surface area contributed by atoms with E-state index in [0.29, 0.717) is 18.5 Å². The van der Waals surface area contributed by atoms with Crippen LogP contribution in [0.25, 0.3) is 6.08 Å². The Bertz CT molecular complexity index is 849. The molecule has 2 aromatic rings. The third-order valence-corrected chi connectivity index (χ3v) is 4.65. The molecule has 3 rings (SSSR count). The van der Waals surface area contributed by atoms with Crippen molar-refractivity contribution in [2.24, 2.45) is 0 Å². The van der Waals surface area contributed by atoms with Gasteiger partial charge in [0.05, 0.1) is 0 Å². The van der Waals surface area contributed by atoms with E-state index in [0.717, 1.165) is 28.7 Å². The van der Waals surface area contributed by atoms with E-state index in [1.807, 2.05) is 24.3 Å². The average Bonchev–Trinajstić information content (AvgIpc) is 3.07. The van der Waals surface area contributed by atoms with Gasteiger partial charge in [0.15, 0.2) is 0 Å². The maximum atomic E-state index is 13.6. The Hall–Kier alpha value is -2.47. The minimum Gasteiger partial charge on any atom is -0.348 e. The molecule has 0 aliphatic carbocycles. The first kappa shape index (κ1) is 18.3. The standard InChI is InChI=1S/C20H18BrFN2O2/c21-16-6-9-18(22)15(12-16)5-10-19(25)23-13-14-3-7-17(8-4-14)24-11-1-2-20(24)26/h3-10,12H,1-2,11,13H2,(H,23,25)/b10-5+. The largest absolute Gasteiger partial charge is 0.348 e. The van der Waals surface area contributed by atoms with Gasteiger partial charge >= 0.3 is 0 Å². The molecule has 1 N–H and O–H groups in total. The van der Waals surface area contributed by atoms with Crippen LogP contribution in [-0.2, 0) is 16.1 Å². The van der Waals surface area contributed by atoms with Crippen molar-refractivity contribution >= 4 is 39.5 Å². The number of carbonyl (C=O) groups is 2. The number of rotatable bonds is 5. The number of hydrogen-bond acceptors (Lipinski definition) is 2. The summed E-state index contributed by atoms with van der Waals surface area (Å²) in [5, 5.41) is 2.76. The van der Waals surface area contributed by atoms with Crippen molar-refractivity contribution in [2.45, 2.75) is 19.4 Å². The van der Waals surface area contributed by atoms with E-state index in [1.54, 1.807) is 17.0 Å². The second-order valence-electron chi connectivity index (χ2n) is 6.03. The van der Waals surface area contributed by atoms with Gasteiger partial charge in [0.25, 0.3) is 0 Å². The van der Waals surface area contributed by atoms with E-state index in [9.17, 15) is 14.0 Å². The summed E-state index contributed by atoms with van der Waals surface area (Å²) in [6.45, 7) is 1.12. The molecule has 2 amide bonds. The van der Waals surface area contributed by atoms with Gasteiger partial charge in [-0.2, -0.15) is 0 Å². The number of nitrogens with zero attached hydrogens (tertiary/aromatic N) is 1. The van der Waals surface area contributed by atoms with Crippen LogP contribution in [0.2, 0.25) is 0 Å². The van der Waals surface area contributed by atoms with Crippen molar-refractivity contribution < 1.29 is 14.0 Å². The van der Waals surface area contributed by atoms with Crippen molar-refractivity contribution in [3.8, 4) is 0 Å². The van der Waals surface area contributed by atoms with Crippen molar-refractivity contribution in [1.82, 2.24) is 5.32 Å². The molecule has 0 bridgehead atoms. The highest BCUT2D eigenvalue weighted by Crippen LogP contribution is 2.21. The summed E-state index contributed by atoms with van der Waals surface area (Å²) in [6, 6.07) is 12.1. The van der Waals surface area contributed by atoms with E-state index in [4.69, 9.17) is 0 Å². The molecule has 1 heterocycles. The molecule has 0 spiro atoms. The second kappa shape index (κ2) is 8.27. The molecule has 134 valence electrons. The third kappa shape index (κ3) is 4.58. The Morgan fingerprint density at radius 1 is 1.23 bits per heavy atom. The number of halogens is 2. The minimum absolute atomic E-state index is 0.149. The zero-order valence-electron chi connectivity index (χ0n) is 14.0. The summed E-state index contributed by atoms with van der Waals surface area (Å²) in [7, 11) is 0. The van der Waals surface area contributed by atoms with Crippen LogP contribution in [0, 0.1) is 5.82 Å². The smallest absolute Gasteiger partial charge is 0.244 e. The highest BCUT2D eigenvalue weighted by molar-refractivity contribution is 9.10. The summed E-state index contributed by atoms with van der Waals surface area (Å²) in [5.41, 5.74) is 2.15. The highest BCUT2D eigenvalue weighted by atomic mass is 79.9. The summed E-state index contributed by atoms with van der Waals surface area (Å²) < 4.78 is 14.4. The van der Waals surface area contributed by atoms with Gasteiger partial charge in [-0.1, -0.05) is 28.1 Å². The van der Waals surface area contributed by atoms with Gasteiger partial charge in [-0.25, -0.2) is 4.39 Å². The fourth-order valence-electron chi connectivity index (χ4n) is 2.77. The topological polar surface area (TPSA) is 49.4 Å². The number of benzene rings is 2. The van der Waals surface area contributed by atoms with Gasteiger partial charge in [-0.05, 0) is 48.4 Å². The van der Waals surface area contributed by atoms with E-state index < -0.39 is 0 Å². The fourth-order valence-corrected chi connectivity index (χ4v) is 3.15. The lowest BCUT2D eigenvalue weighted by Crippen LogP contribution is -2.23. The SMILES string of the molecule is O=C(/C=C/c1cc(Br)ccc1F)NCc1ccc(N2CCCC2=O)cc1. The lowest BCUT2D eigenvalue weighted by Gasteiger charge is -2.15. The predicted molar refractivity (Wildman–Crippen MR) is 103 cm³/mol. The van der Waals surface area contributed by atoms with Crippen molar-refractivity contribution in [3.05, 3.63) is 70.0 Å². The van der Waals surface area contributed by atoms with Crippen LogP contribution >= 0.6 is 15.9 Å². The summed E-state index contributed by atoms with van der Waals surface area (Å²) in [5.74, 6) is -0.538. The lowest BCUT2D eigenvalue weighted by molar-refractivity contribution is -0.117. The first-order valence-electron chi connectivity index (χ1n) is 8.33. The van der Waals surface area contributed by atoms with Crippen molar-refractivity contribution in [3.63, 3.8) is 0 Å². The molecule has 1 aliphatic rings. The van der Waals surface area contributed by atoms with Crippen LogP contribution in [0.1, 0.15) is 24.0 Å². The highest BCUT2D eigenvalue weighted by Gasteiger charge is 2.21. The van der Waals surface area contributed by atoms with E-state index in [1.165, 1.54) is 18.2 Å². The molecule has 2 aromatic carbocycles. The number of carbonyl (C=O) groups excluding carboxylic acids is 2. The summed E-state index contributed by atoms with van der Waals surface area (Å²) in [4.78, 5) is 25.4. The third-order valence-electron chi connectivity index (χ3n) is 4.16. The first-order valence-corrected chi connectivity index (χ1v) is 9.12. The fraction of sp³-hybridized carbons (Fsp3) is 0.200. The first-order chi connectivity index (χ1) is 12.5. The van der Waals surface area contributed by atoms with Gasteiger partial charge in [0.2, 0.25) is 11.8 Å². The molecule has 1 fully saturated rings. The lowest BCUT2D eigenvalue weighted by atomic mass is 10.2. The molecule has 0 aromatic heterocycles. The zero-order valence-corrected chi connectivity index (χ0v) is 15.6. The quantitative estimate of drug-likeness (QED) is 0.747. The van der Waals surface area contributed by atoms with Gasteiger partial charge in [0.1, 0.15) is 5.82 Å². The van der Waals surface area contributed by atoms with Gasteiger partial charge < -0.3 is 10.2 Å². The Morgan fingerprint density at radius 3 is 2.69 bits per heavy atom. The molecular formula is C20H18BrFN2O2. The van der Waals surface area contributed by atoms with E-state index in [-0.39, 0.29) is 17.6 Å². The molecule has 0 atom stereocenters. The summed E-state index contributed by atoms with van der Waals surface area (Å²) in [6.07, 6.45) is 4.24. The average molecular weight is 417 g/mol. The molecule has 26 heavy (non-hydrogen) atoms. The maximum Gasteiger partial charge on any atom is 0.244 e.